The van der Waals surface area contributed by atoms with E-state index in [0.29, 0.717) is 0 Å². The second-order valence-electron chi connectivity index (χ2n) is 4.28. The predicted octanol–water partition coefficient (Wildman–Crippen LogP) is 3.45. The van der Waals surface area contributed by atoms with Crippen LogP contribution in [0.4, 0.5) is 0 Å². The van der Waals surface area contributed by atoms with Crippen molar-refractivity contribution in [1.29, 1.82) is 0 Å². The van der Waals surface area contributed by atoms with E-state index in [1.54, 1.807) is 0.515 Å². The maximum absolute atomic E-state index is 8.74. The zero-order valence-electron chi connectivity index (χ0n) is 11.2. The molecule has 0 saturated heterocycles. The van der Waals surface area contributed by atoms with Gasteiger partial charge in [-0.2, -0.15) is 8.42 Å². The third-order valence-corrected chi connectivity index (χ3v) is 3.56. The van der Waals surface area contributed by atoms with E-state index in [4.69, 9.17) is 17.5 Å². The fraction of sp³-hybridized carbons (Fsp3) is 1.00. The summed E-state index contributed by atoms with van der Waals surface area (Å²) in [6.45, 7) is 2.28. The molecule has 0 saturated carbocycles. The fourth-order valence-corrected chi connectivity index (χ4v) is 2.34. The summed E-state index contributed by atoms with van der Waals surface area (Å²) >= 11 is 1.11. The monoisotopic (exact) mass is 292 g/mol. The minimum atomic E-state index is -4.67. The van der Waals surface area contributed by atoms with Crippen LogP contribution in [-0.2, 0) is 10.4 Å². The van der Waals surface area contributed by atoms with Gasteiger partial charge in [0.15, 0.2) is 0 Å². The Morgan fingerprint density at radius 1 is 0.824 bits per heavy atom. The first-order valence-electron chi connectivity index (χ1n) is 6.61. The van der Waals surface area contributed by atoms with Crippen molar-refractivity contribution in [3.63, 3.8) is 0 Å². The van der Waals surface area contributed by atoms with Crippen molar-refractivity contribution in [1.82, 2.24) is 0 Å². The van der Waals surface area contributed by atoms with E-state index in [1.165, 1.54) is 57.8 Å². The first-order valence-corrected chi connectivity index (χ1v) is 10.2. The Hall–Kier alpha value is 1.51. The van der Waals surface area contributed by atoms with Gasteiger partial charge in [-0.15, -0.1) is 0 Å². The average molecular weight is 292 g/mol. The van der Waals surface area contributed by atoms with Crippen LogP contribution in [0.25, 0.3) is 0 Å². The van der Waals surface area contributed by atoms with E-state index >= 15 is 0 Å². The Bertz CT molecular complexity index is 212. The van der Waals surface area contributed by atoms with Gasteiger partial charge in [-0.05, 0) is 0 Å². The molecule has 0 aliphatic rings. The molecule has 0 radical (unpaired) electrons. The summed E-state index contributed by atoms with van der Waals surface area (Å²) in [5.74, 6) is 0. The molecule has 0 fully saturated rings. The Morgan fingerprint density at radius 3 is 1.41 bits per heavy atom. The summed E-state index contributed by atoms with van der Waals surface area (Å²) in [5.41, 5.74) is 0. The van der Waals surface area contributed by atoms with Gasteiger partial charge in [-0.25, -0.2) is 0 Å². The maximum Gasteiger partial charge on any atom is 0.394 e. The quantitative estimate of drug-likeness (QED) is 0.388. The SMILES string of the molecule is CCCCCCCCCC[CH2][K].O=S(=O)(O)O. The standard InChI is InChI=1S/C11H23.K.H2O4S/c1-3-5-7-9-11-10-8-6-4-2;;1-5(2,3)4/h1,3-11H2,2H3;;(H2,1,2,3,4). The Balaban J connectivity index is 0. The van der Waals surface area contributed by atoms with E-state index in [-0.39, 0.29) is 0 Å². The van der Waals surface area contributed by atoms with Crippen LogP contribution in [0.2, 0.25) is 0.515 Å². The van der Waals surface area contributed by atoms with Crippen LogP contribution in [-0.4, -0.2) is 66.5 Å². The van der Waals surface area contributed by atoms with Crippen molar-refractivity contribution < 1.29 is 17.5 Å². The molecule has 0 spiro atoms. The van der Waals surface area contributed by atoms with Gasteiger partial charge in [0.05, 0.1) is 0 Å². The van der Waals surface area contributed by atoms with E-state index < -0.39 is 10.4 Å². The van der Waals surface area contributed by atoms with Gasteiger partial charge in [0.1, 0.15) is 0 Å². The first-order chi connectivity index (χ1) is 7.91. The third-order valence-electron chi connectivity index (χ3n) is 2.46. The van der Waals surface area contributed by atoms with Gasteiger partial charge >= 0.3 is 125 Å². The molecule has 0 aromatic heterocycles. The van der Waals surface area contributed by atoms with Crippen molar-refractivity contribution in [2.75, 3.05) is 0 Å². The van der Waals surface area contributed by atoms with Gasteiger partial charge in [0, 0.05) is 0 Å². The van der Waals surface area contributed by atoms with Crippen molar-refractivity contribution in [2.24, 2.45) is 0 Å². The predicted molar refractivity (Wildman–Crippen MR) is 72.0 cm³/mol. The number of unbranched alkanes of at least 4 members (excludes halogenated alkanes) is 8. The van der Waals surface area contributed by atoms with Crippen molar-refractivity contribution in [3.05, 3.63) is 0 Å². The zero-order valence-corrected chi connectivity index (χ0v) is 15.1. The number of rotatable bonds is 9. The van der Waals surface area contributed by atoms with Gasteiger partial charge < -0.3 is 0 Å². The fourth-order valence-electron chi connectivity index (χ4n) is 1.56. The third kappa shape index (κ3) is 38.1. The number of hydrogen-bond donors (Lipinski definition) is 2. The van der Waals surface area contributed by atoms with Crippen LogP contribution in [0, 0.1) is 0 Å². The molecule has 0 unspecified atom stereocenters. The molecule has 2 N–H and O–H groups in total. The summed E-state index contributed by atoms with van der Waals surface area (Å²) in [5, 5.41) is 0. The molecule has 0 amide bonds. The number of hydrogen-bond acceptors (Lipinski definition) is 2. The zero-order chi connectivity index (χ0) is 13.6. The van der Waals surface area contributed by atoms with Crippen LogP contribution in [0.15, 0.2) is 0 Å². The summed E-state index contributed by atoms with van der Waals surface area (Å²) in [6.07, 6.45) is 13.3. The second kappa shape index (κ2) is 15.6. The molecule has 0 aromatic carbocycles. The van der Waals surface area contributed by atoms with Crippen molar-refractivity contribution in [2.45, 2.75) is 65.2 Å². The second-order valence-corrected chi connectivity index (χ2v) is 6.73. The summed E-state index contributed by atoms with van der Waals surface area (Å²) < 4.78 is 33.1. The Kier molecular flexibility index (Phi) is 19.1. The molecule has 0 rings (SSSR count). The van der Waals surface area contributed by atoms with Gasteiger partial charge in [0.25, 0.3) is 0 Å². The average Bonchev–Trinajstić information content (AvgIpc) is 2.20. The van der Waals surface area contributed by atoms with Gasteiger partial charge in [-0.3, -0.25) is 9.11 Å². The summed E-state index contributed by atoms with van der Waals surface area (Å²) in [7, 11) is -4.67. The van der Waals surface area contributed by atoms with Crippen molar-refractivity contribution in [3.8, 4) is 0 Å². The van der Waals surface area contributed by atoms with Gasteiger partial charge in [-0.1, -0.05) is 0 Å². The smallest absolute Gasteiger partial charge is 0.264 e. The molecule has 100 valence electrons. The molecule has 4 nitrogen and oxygen atoms in total. The van der Waals surface area contributed by atoms with Crippen LogP contribution in [0.3, 0.4) is 0 Å². The largest absolute Gasteiger partial charge is 0.394 e. The molecular formula is C11H25KO4S. The van der Waals surface area contributed by atoms with E-state index in [9.17, 15) is 0 Å². The molecule has 0 aliphatic heterocycles. The molecule has 6 heteroatoms. The van der Waals surface area contributed by atoms with Gasteiger partial charge in [0.2, 0.25) is 0 Å². The first kappa shape index (κ1) is 20.8. The van der Waals surface area contributed by atoms with Crippen LogP contribution in [0.1, 0.15) is 64.7 Å². The van der Waals surface area contributed by atoms with Crippen LogP contribution < -0.4 is 0 Å². The van der Waals surface area contributed by atoms with Crippen LogP contribution >= 0.6 is 0 Å². The Morgan fingerprint density at radius 2 is 1.12 bits per heavy atom. The Labute approximate surface area is 140 Å². The summed E-state index contributed by atoms with van der Waals surface area (Å²) in [4.78, 5) is 0. The minimum absolute atomic E-state index is 1.11. The van der Waals surface area contributed by atoms with Crippen LogP contribution in [0.5, 0.6) is 0 Å². The topological polar surface area (TPSA) is 74.6 Å². The van der Waals surface area contributed by atoms with E-state index in [0.717, 1.165) is 49.0 Å². The molecular weight excluding hydrogens is 267 g/mol. The molecule has 17 heavy (non-hydrogen) atoms. The van der Waals surface area contributed by atoms with E-state index in [1.807, 2.05) is 0 Å². The van der Waals surface area contributed by atoms with Crippen molar-refractivity contribution >= 4 is 59.4 Å². The molecule has 0 atom stereocenters. The van der Waals surface area contributed by atoms with E-state index in [2.05, 4.69) is 6.92 Å². The molecule has 0 aromatic rings. The molecule has 0 heterocycles. The molecule has 0 aliphatic carbocycles. The normalized spacial score (nSPS) is 10.9. The molecule has 0 bridgehead atoms. The maximum atomic E-state index is 8.74. The minimum Gasteiger partial charge on any atom is -0.264 e. The summed E-state index contributed by atoms with van der Waals surface area (Å²) in [6, 6.07) is 0.